The topological polar surface area (TPSA) is 62.1 Å². The quantitative estimate of drug-likeness (QED) is 0.657. The summed E-state index contributed by atoms with van der Waals surface area (Å²) < 4.78 is 5.41. The minimum absolute atomic E-state index is 0.233. The van der Waals surface area contributed by atoms with Crippen LogP contribution in [0, 0.1) is 22.7 Å². The molecule has 6 heteroatoms. The van der Waals surface area contributed by atoms with Gasteiger partial charge in [-0.15, -0.1) is 11.3 Å². The molecule has 148 valence electrons. The molecule has 3 rings (SSSR count). The lowest BCUT2D eigenvalue weighted by molar-refractivity contribution is 0.102. The van der Waals surface area contributed by atoms with E-state index in [1.165, 1.54) is 16.2 Å². The molecule has 2 aromatic rings. The van der Waals surface area contributed by atoms with Gasteiger partial charge in [0.1, 0.15) is 16.8 Å². The first kappa shape index (κ1) is 20.7. The molecule has 0 fully saturated rings. The number of hydrogen-bond acceptors (Lipinski definition) is 4. The minimum Gasteiger partial charge on any atom is -0.492 e. The van der Waals surface area contributed by atoms with Gasteiger partial charge in [0.25, 0.3) is 5.91 Å². The number of carbonyl (C=O) groups excluding carboxylic acids is 1. The number of nitrogens with zero attached hydrogens (tertiary/aromatic N) is 1. The molecule has 0 bridgehead atoms. The van der Waals surface area contributed by atoms with Crippen LogP contribution < -0.4 is 10.1 Å². The van der Waals surface area contributed by atoms with E-state index in [1.54, 1.807) is 18.2 Å². The molecule has 0 aliphatic heterocycles. The number of fused-ring (bicyclic) bond motifs is 1. The molecule has 1 aromatic heterocycles. The highest BCUT2D eigenvalue weighted by Gasteiger charge is 2.32. The Kier molecular flexibility index (Phi) is 6.02. The van der Waals surface area contributed by atoms with Crippen molar-refractivity contribution in [3.05, 3.63) is 44.8 Å². The summed E-state index contributed by atoms with van der Waals surface area (Å²) in [5.41, 5.74) is 2.39. The van der Waals surface area contributed by atoms with Crippen molar-refractivity contribution in [2.45, 2.75) is 47.0 Å². The van der Waals surface area contributed by atoms with E-state index in [0.29, 0.717) is 39.4 Å². The number of ether oxygens (including phenoxy) is 1. The molecule has 0 unspecified atom stereocenters. The largest absolute Gasteiger partial charge is 0.492 e. The van der Waals surface area contributed by atoms with E-state index in [4.69, 9.17) is 16.3 Å². The van der Waals surface area contributed by atoms with Crippen LogP contribution in [0.2, 0.25) is 5.02 Å². The number of nitrogens with one attached hydrogen (secondary N) is 1. The maximum absolute atomic E-state index is 12.7. The third kappa shape index (κ3) is 4.19. The van der Waals surface area contributed by atoms with Crippen LogP contribution in [0.4, 0.5) is 5.00 Å². The lowest BCUT2D eigenvalue weighted by Crippen LogP contribution is -2.26. The first-order valence-corrected chi connectivity index (χ1v) is 10.7. The Bertz CT molecular complexity index is 937. The second kappa shape index (κ2) is 8.14. The highest BCUT2D eigenvalue weighted by Crippen LogP contribution is 2.44. The van der Waals surface area contributed by atoms with Gasteiger partial charge >= 0.3 is 0 Å². The predicted octanol–water partition coefficient (Wildman–Crippen LogP) is 6.08. The number of amides is 1. The van der Waals surface area contributed by atoms with Gasteiger partial charge in [-0.2, -0.15) is 5.26 Å². The lowest BCUT2D eigenvalue weighted by atomic mass is 9.72. The summed E-state index contributed by atoms with van der Waals surface area (Å²) in [6.07, 6.45) is 2.92. The van der Waals surface area contributed by atoms with Crippen LogP contribution in [0.5, 0.6) is 5.75 Å². The molecule has 1 atom stereocenters. The number of carbonyl (C=O) groups is 1. The van der Waals surface area contributed by atoms with Crippen molar-refractivity contribution in [2.24, 2.45) is 11.3 Å². The SMILES string of the molecule is CCOc1ccc(C(=O)Nc2sc3c(c2C#N)CC[C@H](C(C)(C)C)C3)cc1Cl. The molecular weight excluding hydrogens is 392 g/mol. The van der Waals surface area contributed by atoms with Crippen LogP contribution in [0.15, 0.2) is 18.2 Å². The van der Waals surface area contributed by atoms with E-state index in [9.17, 15) is 10.1 Å². The molecule has 1 amide bonds. The second-order valence-corrected chi connectivity index (χ2v) is 9.67. The Hall–Kier alpha value is -2.03. The fourth-order valence-electron chi connectivity index (χ4n) is 3.62. The van der Waals surface area contributed by atoms with Gasteiger partial charge < -0.3 is 10.1 Å². The van der Waals surface area contributed by atoms with Crippen molar-refractivity contribution < 1.29 is 9.53 Å². The Morgan fingerprint density at radius 2 is 2.18 bits per heavy atom. The predicted molar refractivity (Wildman–Crippen MR) is 115 cm³/mol. The molecule has 28 heavy (non-hydrogen) atoms. The third-order valence-electron chi connectivity index (χ3n) is 5.32. The van der Waals surface area contributed by atoms with E-state index >= 15 is 0 Å². The Morgan fingerprint density at radius 3 is 2.79 bits per heavy atom. The molecular formula is C22H25ClN2O2S. The average molecular weight is 417 g/mol. The molecule has 0 spiro atoms. The van der Waals surface area contributed by atoms with Crippen molar-refractivity contribution >= 4 is 33.8 Å². The monoisotopic (exact) mass is 416 g/mol. The van der Waals surface area contributed by atoms with Gasteiger partial charge in [-0.1, -0.05) is 32.4 Å². The van der Waals surface area contributed by atoms with Crippen molar-refractivity contribution in [2.75, 3.05) is 11.9 Å². The minimum atomic E-state index is -0.271. The van der Waals surface area contributed by atoms with E-state index in [-0.39, 0.29) is 11.3 Å². The highest BCUT2D eigenvalue weighted by molar-refractivity contribution is 7.16. The van der Waals surface area contributed by atoms with E-state index in [0.717, 1.165) is 24.8 Å². The normalized spacial score (nSPS) is 16.2. The molecule has 1 aromatic carbocycles. The van der Waals surface area contributed by atoms with Crippen molar-refractivity contribution in [3.63, 3.8) is 0 Å². The van der Waals surface area contributed by atoms with Gasteiger partial charge in [-0.3, -0.25) is 4.79 Å². The summed E-state index contributed by atoms with van der Waals surface area (Å²) >= 11 is 7.73. The summed E-state index contributed by atoms with van der Waals surface area (Å²) in [6.45, 7) is 9.18. The zero-order chi connectivity index (χ0) is 20.5. The molecule has 1 aliphatic rings. The second-order valence-electron chi connectivity index (χ2n) is 8.16. The van der Waals surface area contributed by atoms with E-state index < -0.39 is 0 Å². The molecule has 4 nitrogen and oxygen atoms in total. The van der Waals surface area contributed by atoms with Crippen LogP contribution in [0.1, 0.15) is 60.5 Å². The van der Waals surface area contributed by atoms with Crippen LogP contribution in [-0.2, 0) is 12.8 Å². The number of rotatable bonds is 4. The van der Waals surface area contributed by atoms with E-state index in [1.807, 2.05) is 6.92 Å². The maximum atomic E-state index is 12.7. The summed E-state index contributed by atoms with van der Waals surface area (Å²) in [7, 11) is 0. The highest BCUT2D eigenvalue weighted by atomic mass is 35.5. The Balaban J connectivity index is 1.84. The van der Waals surface area contributed by atoms with Crippen molar-refractivity contribution in [3.8, 4) is 11.8 Å². The van der Waals surface area contributed by atoms with Crippen LogP contribution in [0.25, 0.3) is 0 Å². The van der Waals surface area contributed by atoms with Gasteiger partial charge in [-0.25, -0.2) is 0 Å². The zero-order valence-corrected chi connectivity index (χ0v) is 18.3. The zero-order valence-electron chi connectivity index (χ0n) is 16.7. The molecule has 1 heterocycles. The Morgan fingerprint density at radius 1 is 1.43 bits per heavy atom. The number of thiophene rings is 1. The fourth-order valence-corrected chi connectivity index (χ4v) is 5.13. The Labute approximate surface area is 175 Å². The van der Waals surface area contributed by atoms with E-state index in [2.05, 4.69) is 32.2 Å². The molecule has 1 N–H and O–H groups in total. The number of halogens is 1. The summed E-state index contributed by atoms with van der Waals surface area (Å²) in [5, 5.41) is 13.6. The van der Waals surface area contributed by atoms with Gasteiger partial charge in [0.05, 0.1) is 17.2 Å². The average Bonchev–Trinajstić information content (AvgIpc) is 2.98. The fraction of sp³-hybridized carbons (Fsp3) is 0.455. The first-order chi connectivity index (χ1) is 13.2. The van der Waals surface area contributed by atoms with Gasteiger partial charge in [0.15, 0.2) is 0 Å². The third-order valence-corrected chi connectivity index (χ3v) is 6.79. The molecule has 1 aliphatic carbocycles. The molecule has 0 saturated carbocycles. The summed E-state index contributed by atoms with van der Waals surface area (Å²) in [4.78, 5) is 14.0. The number of benzene rings is 1. The number of anilines is 1. The molecule has 0 radical (unpaired) electrons. The smallest absolute Gasteiger partial charge is 0.256 e. The van der Waals surface area contributed by atoms with Crippen molar-refractivity contribution in [1.82, 2.24) is 0 Å². The van der Waals surface area contributed by atoms with Crippen LogP contribution in [-0.4, -0.2) is 12.5 Å². The van der Waals surface area contributed by atoms with Crippen LogP contribution >= 0.6 is 22.9 Å². The maximum Gasteiger partial charge on any atom is 0.256 e. The van der Waals surface area contributed by atoms with Crippen molar-refractivity contribution in [1.29, 1.82) is 5.26 Å². The summed E-state index contributed by atoms with van der Waals surface area (Å²) in [6, 6.07) is 7.27. The number of nitriles is 1. The van der Waals surface area contributed by atoms with Gasteiger partial charge in [0.2, 0.25) is 0 Å². The first-order valence-electron chi connectivity index (χ1n) is 9.53. The molecule has 0 saturated heterocycles. The van der Waals surface area contributed by atoms with Crippen LogP contribution in [0.3, 0.4) is 0 Å². The van der Waals surface area contributed by atoms with Gasteiger partial charge in [-0.05, 0) is 61.3 Å². The standard InChI is InChI=1S/C22H25ClN2O2S/c1-5-27-18-9-6-13(10-17(18)23)20(26)25-21-16(12-24)15-8-7-14(22(2,3)4)11-19(15)28-21/h6,9-10,14H,5,7-8,11H2,1-4H3,(H,25,26)/t14-/m0/s1. The summed E-state index contributed by atoms with van der Waals surface area (Å²) in [5.74, 6) is 0.865. The van der Waals surface area contributed by atoms with Gasteiger partial charge in [0, 0.05) is 10.4 Å². The lowest BCUT2D eigenvalue weighted by Gasteiger charge is -2.33. The number of hydrogen-bond donors (Lipinski definition) is 1.